The topological polar surface area (TPSA) is 40.5 Å². The molecule has 0 amide bonds. The second-order valence-electron chi connectivity index (χ2n) is 1.92. The summed E-state index contributed by atoms with van der Waals surface area (Å²) in [6, 6.07) is 0. The van der Waals surface area contributed by atoms with E-state index in [9.17, 15) is 0 Å². The summed E-state index contributed by atoms with van der Waals surface area (Å²) < 4.78 is 0. The van der Waals surface area contributed by atoms with Crippen molar-refractivity contribution in [3.63, 3.8) is 0 Å². The minimum absolute atomic E-state index is 0.0449. The molecule has 2 nitrogen and oxygen atoms in total. The fourth-order valence-electron chi connectivity index (χ4n) is 0.389. The smallest absolute Gasteiger partial charge is 0.0833 e. The third-order valence-corrected chi connectivity index (χ3v) is 2.17. The van der Waals surface area contributed by atoms with E-state index in [1.807, 2.05) is 0 Å². The van der Waals surface area contributed by atoms with E-state index in [2.05, 4.69) is 0 Å². The number of aliphatic hydroxyl groups is 2. The lowest BCUT2D eigenvalue weighted by molar-refractivity contribution is 0.210. The van der Waals surface area contributed by atoms with Crippen LogP contribution in [-0.4, -0.2) is 34.2 Å². The zero-order valence-corrected chi connectivity index (χ0v) is 6.49. The van der Waals surface area contributed by atoms with Crippen LogP contribution in [0.25, 0.3) is 0 Å². The van der Waals surface area contributed by atoms with Gasteiger partial charge < -0.3 is 10.2 Å². The first kappa shape index (κ1) is 9.50. The van der Waals surface area contributed by atoms with Gasteiger partial charge in [-0.1, -0.05) is 0 Å². The first-order valence-electron chi connectivity index (χ1n) is 2.65. The first-order valence-corrected chi connectivity index (χ1v) is 3.56. The minimum atomic E-state index is -0.823. The lowest BCUT2D eigenvalue weighted by atomic mass is 10.1. The molecule has 9 heavy (non-hydrogen) atoms. The highest BCUT2D eigenvalue weighted by atomic mass is 35.5. The summed E-state index contributed by atoms with van der Waals surface area (Å²) in [7, 11) is 0. The zero-order chi connectivity index (χ0) is 7.33. The van der Waals surface area contributed by atoms with Crippen LogP contribution in [0.15, 0.2) is 0 Å². The Morgan fingerprint density at radius 1 is 1.33 bits per heavy atom. The summed E-state index contributed by atoms with van der Waals surface area (Å²) in [5.41, 5.74) is 0. The molecule has 0 aliphatic carbocycles. The normalized spacial score (nSPS) is 17.3. The Morgan fingerprint density at radius 2 is 1.89 bits per heavy atom. The molecule has 0 aliphatic rings. The molecular weight excluding hydrogens is 163 g/mol. The second kappa shape index (κ2) is 4.34. The van der Waals surface area contributed by atoms with Crippen LogP contribution in [0.2, 0.25) is 0 Å². The van der Waals surface area contributed by atoms with E-state index in [4.69, 9.17) is 33.4 Å². The van der Waals surface area contributed by atoms with E-state index >= 15 is 0 Å². The highest BCUT2D eigenvalue weighted by Crippen LogP contribution is 2.19. The average Bonchev–Trinajstić information content (AvgIpc) is 1.89. The highest BCUT2D eigenvalue weighted by Gasteiger charge is 2.23. The number of halogens is 2. The van der Waals surface area contributed by atoms with E-state index in [-0.39, 0.29) is 19.1 Å². The molecule has 0 aromatic rings. The number of aliphatic hydroxyl groups excluding tert-OH is 2. The first-order chi connectivity index (χ1) is 4.18. The number of hydrogen-bond acceptors (Lipinski definition) is 2. The molecule has 1 unspecified atom stereocenters. The van der Waals surface area contributed by atoms with E-state index in [1.54, 1.807) is 0 Å². The van der Waals surface area contributed by atoms with Crippen molar-refractivity contribution in [2.24, 2.45) is 0 Å². The molecule has 4 heteroatoms. The Morgan fingerprint density at radius 3 is 2.00 bits per heavy atom. The molecule has 0 bridgehead atoms. The van der Waals surface area contributed by atoms with Crippen molar-refractivity contribution in [2.75, 3.05) is 19.1 Å². The van der Waals surface area contributed by atoms with Gasteiger partial charge >= 0.3 is 0 Å². The van der Waals surface area contributed by atoms with Crippen LogP contribution in [0.4, 0.5) is 0 Å². The predicted octanol–water partition coefficient (Wildman–Crippen LogP) is 0.577. The van der Waals surface area contributed by atoms with Crippen LogP contribution in [0.1, 0.15) is 6.42 Å². The van der Waals surface area contributed by atoms with Gasteiger partial charge in [0.1, 0.15) is 0 Å². The average molecular weight is 173 g/mol. The fraction of sp³-hybridized carbons (Fsp3) is 1.00. The lowest BCUT2D eigenvalue weighted by Gasteiger charge is -2.19. The summed E-state index contributed by atoms with van der Waals surface area (Å²) in [4.78, 5) is -0.823. The standard InChI is InChI=1S/C5H10Cl2O2/c6-3-5(7,4-9)1-2-8/h8-9H,1-4H2. The minimum Gasteiger partial charge on any atom is -0.396 e. The molecule has 0 heterocycles. The van der Waals surface area contributed by atoms with Gasteiger partial charge in [0, 0.05) is 12.5 Å². The molecule has 0 saturated heterocycles. The monoisotopic (exact) mass is 172 g/mol. The summed E-state index contributed by atoms with van der Waals surface area (Å²) in [5, 5.41) is 17.0. The maximum Gasteiger partial charge on any atom is 0.0833 e. The summed E-state index contributed by atoms with van der Waals surface area (Å²) in [5.74, 6) is 0.158. The van der Waals surface area contributed by atoms with Crippen LogP contribution in [0.3, 0.4) is 0 Å². The number of hydrogen-bond donors (Lipinski definition) is 2. The SMILES string of the molecule is OCCC(Cl)(CO)CCl. The Balaban J connectivity index is 3.62. The highest BCUT2D eigenvalue weighted by molar-refractivity contribution is 6.30. The van der Waals surface area contributed by atoms with Gasteiger partial charge in [-0.25, -0.2) is 0 Å². The molecule has 2 N–H and O–H groups in total. The van der Waals surface area contributed by atoms with Crippen LogP contribution in [-0.2, 0) is 0 Å². The van der Waals surface area contributed by atoms with Gasteiger partial charge in [-0.2, -0.15) is 0 Å². The molecule has 0 aliphatic heterocycles. The predicted molar refractivity (Wildman–Crippen MR) is 38.1 cm³/mol. The maximum atomic E-state index is 8.59. The van der Waals surface area contributed by atoms with Crippen molar-refractivity contribution in [1.82, 2.24) is 0 Å². The summed E-state index contributed by atoms with van der Waals surface area (Å²) in [6.45, 7) is -0.241. The largest absolute Gasteiger partial charge is 0.396 e. The van der Waals surface area contributed by atoms with Crippen LogP contribution >= 0.6 is 23.2 Å². The Hall–Kier alpha value is 0.500. The molecule has 0 saturated carbocycles. The van der Waals surface area contributed by atoms with Gasteiger partial charge in [-0.3, -0.25) is 0 Å². The van der Waals surface area contributed by atoms with Crippen molar-refractivity contribution in [1.29, 1.82) is 0 Å². The quantitative estimate of drug-likeness (QED) is 0.610. The zero-order valence-electron chi connectivity index (χ0n) is 4.98. The van der Waals surface area contributed by atoms with Crippen LogP contribution in [0, 0.1) is 0 Å². The molecule has 0 aromatic heterocycles. The summed E-state index contributed by atoms with van der Waals surface area (Å²) in [6.07, 6.45) is 0.328. The van der Waals surface area contributed by atoms with Gasteiger partial charge in [0.05, 0.1) is 11.5 Å². The van der Waals surface area contributed by atoms with Crippen LogP contribution in [0.5, 0.6) is 0 Å². The number of alkyl halides is 2. The van der Waals surface area contributed by atoms with E-state index < -0.39 is 4.87 Å². The molecule has 0 aromatic carbocycles. The van der Waals surface area contributed by atoms with Gasteiger partial charge in [-0.15, -0.1) is 23.2 Å². The Labute approximate surface area is 64.4 Å². The molecule has 1 atom stereocenters. The van der Waals surface area contributed by atoms with Crippen molar-refractivity contribution in [2.45, 2.75) is 11.3 Å². The molecule has 0 fully saturated rings. The van der Waals surface area contributed by atoms with Gasteiger partial charge in [-0.05, 0) is 6.42 Å². The van der Waals surface area contributed by atoms with Crippen molar-refractivity contribution < 1.29 is 10.2 Å². The molecule has 0 rings (SSSR count). The Kier molecular flexibility index (Phi) is 4.58. The van der Waals surface area contributed by atoms with Crippen LogP contribution < -0.4 is 0 Å². The van der Waals surface area contributed by atoms with E-state index in [0.717, 1.165) is 0 Å². The second-order valence-corrected chi connectivity index (χ2v) is 2.99. The third-order valence-electron chi connectivity index (χ3n) is 1.08. The lowest BCUT2D eigenvalue weighted by Crippen LogP contribution is -2.29. The fourth-order valence-corrected chi connectivity index (χ4v) is 0.691. The molecule has 0 radical (unpaired) electrons. The van der Waals surface area contributed by atoms with E-state index in [1.165, 1.54) is 0 Å². The summed E-state index contributed by atoms with van der Waals surface area (Å²) >= 11 is 11.1. The van der Waals surface area contributed by atoms with Gasteiger partial charge in [0.25, 0.3) is 0 Å². The van der Waals surface area contributed by atoms with Gasteiger partial charge in [0.15, 0.2) is 0 Å². The van der Waals surface area contributed by atoms with E-state index in [0.29, 0.717) is 6.42 Å². The van der Waals surface area contributed by atoms with Crippen molar-refractivity contribution in [3.8, 4) is 0 Å². The third kappa shape index (κ3) is 3.26. The Bertz CT molecular complexity index is 73.4. The van der Waals surface area contributed by atoms with Crippen molar-refractivity contribution in [3.05, 3.63) is 0 Å². The maximum absolute atomic E-state index is 8.59. The van der Waals surface area contributed by atoms with Crippen molar-refractivity contribution >= 4 is 23.2 Å². The molecule has 56 valence electrons. The molecule has 0 spiro atoms. The molecular formula is C5H10Cl2O2. The van der Waals surface area contributed by atoms with Gasteiger partial charge in [0.2, 0.25) is 0 Å². The number of rotatable bonds is 4.